The first-order valence-corrected chi connectivity index (χ1v) is 6.46. The van der Waals surface area contributed by atoms with E-state index in [2.05, 4.69) is 20.9 Å². The number of alkyl halides is 1. The number of nitrogens with zero attached hydrogens (tertiary/aromatic N) is 1. The molecule has 2 aromatic rings. The lowest BCUT2D eigenvalue weighted by molar-refractivity contribution is 0.458. The summed E-state index contributed by atoms with van der Waals surface area (Å²) in [6.45, 7) is 2.03. The smallest absolute Gasteiger partial charge is 0.223 e. The molecule has 0 aliphatic rings. The fourth-order valence-electron chi connectivity index (χ4n) is 1.37. The third-order valence-electron chi connectivity index (χ3n) is 2.27. The van der Waals surface area contributed by atoms with Gasteiger partial charge in [0.25, 0.3) is 0 Å². The fourth-order valence-corrected chi connectivity index (χ4v) is 1.94. The monoisotopic (exact) mass is 311 g/mol. The van der Waals surface area contributed by atoms with Crippen LogP contribution in [-0.4, -0.2) is 4.98 Å². The van der Waals surface area contributed by atoms with Crippen molar-refractivity contribution in [2.24, 2.45) is 0 Å². The zero-order chi connectivity index (χ0) is 12.3. The molecule has 0 saturated heterocycles. The van der Waals surface area contributed by atoms with E-state index in [-0.39, 0.29) is 0 Å². The zero-order valence-electron chi connectivity index (χ0n) is 9.28. The maximum absolute atomic E-state index is 5.85. The minimum absolute atomic E-state index is 0.369. The van der Waals surface area contributed by atoms with Gasteiger partial charge in [-0.3, -0.25) is 0 Å². The van der Waals surface area contributed by atoms with Crippen LogP contribution in [0.5, 0.6) is 11.6 Å². The van der Waals surface area contributed by atoms with Crippen molar-refractivity contribution in [2.45, 2.75) is 12.8 Å². The van der Waals surface area contributed by atoms with E-state index in [0.717, 1.165) is 15.8 Å². The summed E-state index contributed by atoms with van der Waals surface area (Å²) in [6, 6.07) is 9.72. The SMILES string of the molecule is Cc1ccc(Oc2ncc(Br)cc2CCl)cc1. The van der Waals surface area contributed by atoms with E-state index in [1.165, 1.54) is 5.56 Å². The Balaban J connectivity index is 2.26. The van der Waals surface area contributed by atoms with Crippen molar-refractivity contribution < 1.29 is 4.74 Å². The first-order chi connectivity index (χ1) is 8.19. The van der Waals surface area contributed by atoms with Gasteiger partial charge in [-0.25, -0.2) is 4.98 Å². The predicted molar refractivity (Wildman–Crippen MR) is 72.7 cm³/mol. The van der Waals surface area contributed by atoms with Crippen LogP contribution >= 0.6 is 27.5 Å². The van der Waals surface area contributed by atoms with Gasteiger partial charge < -0.3 is 4.74 Å². The molecule has 0 fully saturated rings. The van der Waals surface area contributed by atoms with Crippen LogP contribution in [0.1, 0.15) is 11.1 Å². The Hall–Kier alpha value is -1.06. The lowest BCUT2D eigenvalue weighted by Gasteiger charge is -2.08. The van der Waals surface area contributed by atoms with Crippen molar-refractivity contribution in [2.75, 3.05) is 0 Å². The van der Waals surface area contributed by atoms with Gasteiger partial charge in [-0.05, 0) is 41.1 Å². The van der Waals surface area contributed by atoms with Crippen LogP contribution < -0.4 is 4.74 Å². The van der Waals surface area contributed by atoms with Crippen LogP contribution in [0.25, 0.3) is 0 Å². The van der Waals surface area contributed by atoms with Gasteiger partial charge >= 0.3 is 0 Å². The number of pyridine rings is 1. The summed E-state index contributed by atoms with van der Waals surface area (Å²) in [7, 11) is 0. The highest BCUT2D eigenvalue weighted by Crippen LogP contribution is 2.26. The summed E-state index contributed by atoms with van der Waals surface area (Å²) in [5.41, 5.74) is 2.06. The van der Waals surface area contributed by atoms with Crippen LogP contribution in [-0.2, 0) is 5.88 Å². The lowest BCUT2D eigenvalue weighted by Crippen LogP contribution is -1.93. The Morgan fingerprint density at radius 1 is 1.29 bits per heavy atom. The standard InChI is InChI=1S/C13H11BrClNO/c1-9-2-4-12(5-3-9)17-13-10(7-15)6-11(14)8-16-13/h2-6,8H,7H2,1H3. The summed E-state index contributed by atoms with van der Waals surface area (Å²) >= 11 is 9.21. The summed E-state index contributed by atoms with van der Waals surface area (Å²) in [6.07, 6.45) is 1.69. The molecule has 1 aromatic heterocycles. The average molecular weight is 313 g/mol. The van der Waals surface area contributed by atoms with Gasteiger partial charge in [0.1, 0.15) is 5.75 Å². The number of halogens is 2. The highest BCUT2D eigenvalue weighted by atomic mass is 79.9. The number of ether oxygens (including phenoxy) is 1. The molecule has 0 bridgehead atoms. The minimum Gasteiger partial charge on any atom is -0.439 e. The second-order valence-corrected chi connectivity index (χ2v) is 4.85. The first-order valence-electron chi connectivity index (χ1n) is 5.14. The van der Waals surface area contributed by atoms with Crippen molar-refractivity contribution in [3.63, 3.8) is 0 Å². The highest BCUT2D eigenvalue weighted by molar-refractivity contribution is 9.10. The predicted octanol–water partition coefficient (Wildman–Crippen LogP) is 4.68. The second kappa shape index (κ2) is 5.52. The molecular formula is C13H11BrClNO. The Bertz CT molecular complexity index is 513. The molecule has 0 amide bonds. The van der Waals surface area contributed by atoms with E-state index < -0.39 is 0 Å². The maximum atomic E-state index is 5.85. The Morgan fingerprint density at radius 3 is 2.65 bits per heavy atom. The molecule has 0 N–H and O–H groups in total. The third kappa shape index (κ3) is 3.20. The number of benzene rings is 1. The van der Waals surface area contributed by atoms with Crippen molar-refractivity contribution in [1.29, 1.82) is 0 Å². The molecule has 0 saturated carbocycles. The highest BCUT2D eigenvalue weighted by Gasteiger charge is 2.06. The molecule has 0 atom stereocenters. The van der Waals surface area contributed by atoms with E-state index in [1.54, 1.807) is 6.20 Å². The molecule has 2 rings (SSSR count). The molecule has 0 unspecified atom stereocenters. The van der Waals surface area contributed by atoms with Gasteiger partial charge in [0, 0.05) is 16.2 Å². The number of hydrogen-bond acceptors (Lipinski definition) is 2. The van der Waals surface area contributed by atoms with Crippen molar-refractivity contribution in [3.05, 3.63) is 52.1 Å². The third-order valence-corrected chi connectivity index (χ3v) is 2.99. The number of rotatable bonds is 3. The lowest BCUT2D eigenvalue weighted by atomic mass is 10.2. The largest absolute Gasteiger partial charge is 0.439 e. The van der Waals surface area contributed by atoms with E-state index >= 15 is 0 Å². The molecular weight excluding hydrogens is 302 g/mol. The topological polar surface area (TPSA) is 22.1 Å². The van der Waals surface area contributed by atoms with E-state index in [0.29, 0.717) is 11.8 Å². The summed E-state index contributed by atoms with van der Waals surface area (Å²) < 4.78 is 6.59. The first kappa shape index (κ1) is 12.4. The van der Waals surface area contributed by atoms with Crippen LogP contribution in [0.4, 0.5) is 0 Å². The molecule has 4 heteroatoms. The van der Waals surface area contributed by atoms with Crippen molar-refractivity contribution in [3.8, 4) is 11.6 Å². The molecule has 88 valence electrons. The number of aryl methyl sites for hydroxylation is 1. The van der Waals surface area contributed by atoms with Crippen molar-refractivity contribution in [1.82, 2.24) is 4.98 Å². The van der Waals surface area contributed by atoms with Crippen LogP contribution in [0, 0.1) is 6.92 Å². The molecule has 0 spiro atoms. The zero-order valence-corrected chi connectivity index (χ0v) is 11.6. The normalized spacial score (nSPS) is 10.3. The van der Waals surface area contributed by atoms with Gasteiger partial charge in [-0.15, -0.1) is 11.6 Å². The quantitative estimate of drug-likeness (QED) is 0.767. The molecule has 0 aliphatic heterocycles. The molecule has 2 nitrogen and oxygen atoms in total. The Kier molecular flexibility index (Phi) is 4.02. The summed E-state index contributed by atoms with van der Waals surface area (Å²) in [5.74, 6) is 1.68. The molecule has 0 aliphatic carbocycles. The maximum Gasteiger partial charge on any atom is 0.223 e. The molecule has 0 radical (unpaired) electrons. The van der Waals surface area contributed by atoms with Crippen molar-refractivity contribution >= 4 is 27.5 Å². The molecule has 1 heterocycles. The average Bonchev–Trinajstić information content (AvgIpc) is 2.34. The Morgan fingerprint density at radius 2 is 2.00 bits per heavy atom. The van der Waals surface area contributed by atoms with Gasteiger partial charge in [-0.2, -0.15) is 0 Å². The van der Waals surface area contributed by atoms with Crippen LogP contribution in [0.3, 0.4) is 0 Å². The second-order valence-electron chi connectivity index (χ2n) is 3.67. The molecule has 1 aromatic carbocycles. The van der Waals surface area contributed by atoms with Gasteiger partial charge in [-0.1, -0.05) is 17.7 Å². The number of aromatic nitrogens is 1. The fraction of sp³-hybridized carbons (Fsp3) is 0.154. The minimum atomic E-state index is 0.369. The van der Waals surface area contributed by atoms with E-state index in [9.17, 15) is 0 Å². The van der Waals surface area contributed by atoms with E-state index in [4.69, 9.17) is 16.3 Å². The van der Waals surface area contributed by atoms with Crippen LogP contribution in [0.15, 0.2) is 41.0 Å². The molecule has 17 heavy (non-hydrogen) atoms. The van der Waals surface area contributed by atoms with Gasteiger partial charge in [0.05, 0.1) is 5.88 Å². The summed E-state index contributed by atoms with van der Waals surface area (Å²) in [5, 5.41) is 0. The van der Waals surface area contributed by atoms with E-state index in [1.807, 2.05) is 37.3 Å². The van der Waals surface area contributed by atoms with Crippen LogP contribution in [0.2, 0.25) is 0 Å². The van der Waals surface area contributed by atoms with Gasteiger partial charge in [0.15, 0.2) is 0 Å². The summed E-state index contributed by atoms with van der Waals surface area (Å²) in [4.78, 5) is 4.21. The Labute approximate surface area is 114 Å². The van der Waals surface area contributed by atoms with Gasteiger partial charge in [0.2, 0.25) is 5.88 Å². The number of hydrogen-bond donors (Lipinski definition) is 0.